The SMILES string of the molecule is C1CC2CC12.CCOC(=O)CC. The zero-order valence-corrected chi connectivity index (χ0v) is 8.01. The number of hydrogen-bond donors (Lipinski definition) is 0. The Kier molecular flexibility index (Phi) is 3.57. The van der Waals surface area contributed by atoms with Crippen molar-refractivity contribution in [3.8, 4) is 0 Å². The summed E-state index contributed by atoms with van der Waals surface area (Å²) in [5.74, 6) is 2.34. The maximum atomic E-state index is 10.2. The molecule has 2 fully saturated rings. The van der Waals surface area contributed by atoms with Crippen LogP contribution in [0.4, 0.5) is 0 Å². The van der Waals surface area contributed by atoms with E-state index in [1.54, 1.807) is 33.1 Å². The molecule has 0 amide bonds. The first kappa shape index (κ1) is 9.56. The highest BCUT2D eigenvalue weighted by atomic mass is 16.5. The van der Waals surface area contributed by atoms with Crippen LogP contribution in [0, 0.1) is 11.8 Å². The molecule has 2 rings (SSSR count). The summed E-state index contributed by atoms with van der Waals surface area (Å²) in [6, 6.07) is 0. The van der Waals surface area contributed by atoms with Crippen LogP contribution >= 0.6 is 0 Å². The molecule has 0 aliphatic heterocycles. The Morgan fingerprint density at radius 2 is 1.92 bits per heavy atom. The molecule has 0 saturated heterocycles. The third kappa shape index (κ3) is 2.84. The second kappa shape index (κ2) is 4.48. The topological polar surface area (TPSA) is 26.3 Å². The molecule has 2 unspecified atom stereocenters. The van der Waals surface area contributed by atoms with Crippen molar-refractivity contribution in [2.24, 2.45) is 11.8 Å². The van der Waals surface area contributed by atoms with Gasteiger partial charge in [0.2, 0.25) is 0 Å². The Morgan fingerprint density at radius 1 is 1.33 bits per heavy atom. The van der Waals surface area contributed by atoms with Crippen molar-refractivity contribution in [2.45, 2.75) is 39.5 Å². The van der Waals surface area contributed by atoms with Gasteiger partial charge in [-0.3, -0.25) is 4.79 Å². The minimum absolute atomic E-state index is 0.123. The summed E-state index contributed by atoms with van der Waals surface area (Å²) in [6.45, 7) is 4.07. The van der Waals surface area contributed by atoms with Crippen LogP contribution in [0.3, 0.4) is 0 Å². The summed E-state index contributed by atoms with van der Waals surface area (Å²) in [7, 11) is 0. The number of ether oxygens (including phenoxy) is 1. The fourth-order valence-corrected chi connectivity index (χ4v) is 1.45. The van der Waals surface area contributed by atoms with Crippen LogP contribution in [0.2, 0.25) is 0 Å². The fraction of sp³-hybridized carbons (Fsp3) is 0.900. The van der Waals surface area contributed by atoms with Gasteiger partial charge in [-0.15, -0.1) is 0 Å². The van der Waals surface area contributed by atoms with E-state index < -0.39 is 0 Å². The highest BCUT2D eigenvalue weighted by Crippen LogP contribution is 2.55. The van der Waals surface area contributed by atoms with Crippen molar-refractivity contribution >= 4 is 5.97 Å². The van der Waals surface area contributed by atoms with E-state index in [-0.39, 0.29) is 5.97 Å². The molecule has 2 heteroatoms. The van der Waals surface area contributed by atoms with Crippen LogP contribution < -0.4 is 0 Å². The van der Waals surface area contributed by atoms with Crippen LogP contribution in [0.25, 0.3) is 0 Å². The molecule has 70 valence electrons. The third-order valence-electron chi connectivity index (χ3n) is 2.57. The molecule has 0 radical (unpaired) electrons. The molecule has 2 aliphatic carbocycles. The Labute approximate surface area is 74.3 Å². The second-order valence-electron chi connectivity index (χ2n) is 3.49. The molecule has 0 spiro atoms. The predicted molar refractivity (Wildman–Crippen MR) is 47.8 cm³/mol. The normalized spacial score (nSPS) is 28.8. The number of hydrogen-bond acceptors (Lipinski definition) is 2. The minimum atomic E-state index is -0.123. The van der Waals surface area contributed by atoms with Gasteiger partial charge in [-0.1, -0.05) is 6.92 Å². The van der Waals surface area contributed by atoms with Crippen molar-refractivity contribution in [1.29, 1.82) is 0 Å². The van der Waals surface area contributed by atoms with E-state index in [0.29, 0.717) is 13.0 Å². The molecular formula is C10H18O2. The van der Waals surface area contributed by atoms with E-state index in [4.69, 9.17) is 0 Å². The van der Waals surface area contributed by atoms with Gasteiger partial charge in [-0.2, -0.15) is 0 Å². The molecule has 0 heterocycles. The molecule has 2 saturated carbocycles. The number of rotatable bonds is 2. The molecule has 0 aromatic heterocycles. The van der Waals surface area contributed by atoms with Crippen molar-refractivity contribution < 1.29 is 9.53 Å². The Morgan fingerprint density at radius 3 is 2.00 bits per heavy atom. The van der Waals surface area contributed by atoms with Gasteiger partial charge in [0.05, 0.1) is 6.61 Å². The van der Waals surface area contributed by atoms with Gasteiger partial charge < -0.3 is 4.74 Å². The smallest absolute Gasteiger partial charge is 0.305 e. The van der Waals surface area contributed by atoms with E-state index in [1.165, 1.54) is 11.8 Å². The molecule has 12 heavy (non-hydrogen) atoms. The highest BCUT2D eigenvalue weighted by molar-refractivity contribution is 5.68. The number of carbonyl (C=O) groups is 1. The van der Waals surface area contributed by atoms with Crippen LogP contribution in [0.1, 0.15) is 39.5 Å². The summed E-state index contributed by atoms with van der Waals surface area (Å²) in [5.41, 5.74) is 0. The van der Waals surface area contributed by atoms with Gasteiger partial charge in [-0.25, -0.2) is 0 Å². The van der Waals surface area contributed by atoms with Gasteiger partial charge in [0.15, 0.2) is 0 Å². The van der Waals surface area contributed by atoms with Gasteiger partial charge in [0, 0.05) is 6.42 Å². The van der Waals surface area contributed by atoms with Gasteiger partial charge in [-0.05, 0) is 38.0 Å². The van der Waals surface area contributed by atoms with E-state index in [0.717, 1.165) is 0 Å². The van der Waals surface area contributed by atoms with E-state index >= 15 is 0 Å². The number of carbonyl (C=O) groups excluding carboxylic acids is 1. The van der Waals surface area contributed by atoms with Crippen LogP contribution in [0.15, 0.2) is 0 Å². The largest absolute Gasteiger partial charge is 0.466 e. The summed E-state index contributed by atoms with van der Waals surface area (Å²) in [6.07, 6.45) is 5.18. The van der Waals surface area contributed by atoms with Gasteiger partial charge >= 0.3 is 5.97 Å². The van der Waals surface area contributed by atoms with Crippen LogP contribution in [0.5, 0.6) is 0 Å². The molecule has 0 N–H and O–H groups in total. The molecular weight excluding hydrogens is 152 g/mol. The zero-order chi connectivity index (χ0) is 8.97. The lowest BCUT2D eigenvalue weighted by Gasteiger charge is -2.04. The quantitative estimate of drug-likeness (QED) is 0.595. The maximum absolute atomic E-state index is 10.2. The number of esters is 1. The average Bonchev–Trinajstić information content (AvgIpc) is 2.60. The average molecular weight is 170 g/mol. The molecule has 2 atom stereocenters. The van der Waals surface area contributed by atoms with E-state index in [2.05, 4.69) is 4.74 Å². The van der Waals surface area contributed by atoms with Gasteiger partial charge in [0.25, 0.3) is 0 Å². The highest BCUT2D eigenvalue weighted by Gasteiger charge is 2.44. The van der Waals surface area contributed by atoms with Crippen LogP contribution in [-0.4, -0.2) is 12.6 Å². The Hall–Kier alpha value is -0.530. The summed E-state index contributed by atoms with van der Waals surface area (Å²) in [4.78, 5) is 10.2. The molecule has 0 bridgehead atoms. The molecule has 0 aromatic carbocycles. The molecule has 2 nitrogen and oxygen atoms in total. The molecule has 2 aliphatic rings. The molecule has 0 aromatic rings. The third-order valence-corrected chi connectivity index (χ3v) is 2.57. The maximum Gasteiger partial charge on any atom is 0.305 e. The zero-order valence-electron chi connectivity index (χ0n) is 8.01. The number of fused-ring (bicyclic) bond motifs is 1. The van der Waals surface area contributed by atoms with Crippen LogP contribution in [-0.2, 0) is 9.53 Å². The second-order valence-corrected chi connectivity index (χ2v) is 3.49. The fourth-order valence-electron chi connectivity index (χ4n) is 1.45. The van der Waals surface area contributed by atoms with Crippen molar-refractivity contribution in [3.63, 3.8) is 0 Å². The first-order chi connectivity index (χ1) is 5.77. The Balaban J connectivity index is 0.000000123. The van der Waals surface area contributed by atoms with E-state index in [9.17, 15) is 4.79 Å². The summed E-state index contributed by atoms with van der Waals surface area (Å²) in [5, 5.41) is 0. The summed E-state index contributed by atoms with van der Waals surface area (Å²) < 4.78 is 4.55. The first-order valence-electron chi connectivity index (χ1n) is 4.93. The van der Waals surface area contributed by atoms with Crippen molar-refractivity contribution in [2.75, 3.05) is 6.61 Å². The van der Waals surface area contributed by atoms with E-state index in [1.807, 2.05) is 0 Å². The van der Waals surface area contributed by atoms with Crippen molar-refractivity contribution in [1.82, 2.24) is 0 Å². The lowest BCUT2D eigenvalue weighted by Crippen LogP contribution is -2.00. The first-order valence-corrected chi connectivity index (χ1v) is 4.93. The lowest BCUT2D eigenvalue weighted by atomic mass is 10.0. The predicted octanol–water partition coefficient (Wildman–Crippen LogP) is 2.38. The van der Waals surface area contributed by atoms with Gasteiger partial charge in [0.1, 0.15) is 0 Å². The minimum Gasteiger partial charge on any atom is -0.466 e. The monoisotopic (exact) mass is 170 g/mol. The summed E-state index contributed by atoms with van der Waals surface area (Å²) >= 11 is 0. The standard InChI is InChI=1S/C5H10O2.C5H8/c1-3-5(6)7-4-2;1-2-5-3-4(1)5/h3-4H2,1-2H3;4-5H,1-3H2. The Bertz CT molecular complexity index is 142. The lowest BCUT2D eigenvalue weighted by molar-refractivity contribution is -0.142. The van der Waals surface area contributed by atoms with Crippen molar-refractivity contribution in [3.05, 3.63) is 0 Å².